The lowest BCUT2D eigenvalue weighted by atomic mass is 10.2. The lowest BCUT2D eigenvalue weighted by Crippen LogP contribution is -2.15. The number of carbonyl (C=O) groups excluding carboxylic acids is 1. The molecule has 1 amide bonds. The zero-order valence-corrected chi connectivity index (χ0v) is 16.8. The number of anilines is 1. The quantitative estimate of drug-likeness (QED) is 0.342. The molecule has 0 aliphatic rings. The number of hydrogen-bond donors (Lipinski definition) is 2. The first-order valence-corrected chi connectivity index (χ1v) is 9.96. The molecule has 26 heavy (non-hydrogen) atoms. The molecule has 0 atom stereocenters. The SMILES string of the molecule is Cc1cc(I)ccc1NC(=O)CSc1nnc2c(n1)[nH]c1ccccc12. The molecule has 0 saturated heterocycles. The maximum absolute atomic E-state index is 12.2. The van der Waals surface area contributed by atoms with E-state index >= 15 is 0 Å². The van der Waals surface area contributed by atoms with Crippen molar-refractivity contribution in [2.75, 3.05) is 11.1 Å². The van der Waals surface area contributed by atoms with E-state index < -0.39 is 0 Å². The lowest BCUT2D eigenvalue weighted by molar-refractivity contribution is -0.113. The van der Waals surface area contributed by atoms with Gasteiger partial charge in [-0.15, -0.1) is 10.2 Å². The number of halogens is 1. The second kappa shape index (κ2) is 7.20. The van der Waals surface area contributed by atoms with Crippen LogP contribution in [-0.2, 0) is 4.79 Å². The average Bonchev–Trinajstić information content (AvgIpc) is 3.00. The topological polar surface area (TPSA) is 83.6 Å². The van der Waals surface area contributed by atoms with E-state index in [-0.39, 0.29) is 11.7 Å². The second-order valence-corrected chi connectivity index (χ2v) is 7.95. The van der Waals surface area contributed by atoms with Crippen molar-refractivity contribution >= 4 is 68.0 Å². The van der Waals surface area contributed by atoms with Crippen LogP contribution in [0.5, 0.6) is 0 Å². The van der Waals surface area contributed by atoms with Crippen molar-refractivity contribution in [2.24, 2.45) is 0 Å². The largest absolute Gasteiger partial charge is 0.338 e. The van der Waals surface area contributed by atoms with Gasteiger partial charge in [-0.1, -0.05) is 30.0 Å². The van der Waals surface area contributed by atoms with Gasteiger partial charge in [0.2, 0.25) is 11.1 Å². The van der Waals surface area contributed by atoms with Gasteiger partial charge in [0.25, 0.3) is 0 Å². The summed E-state index contributed by atoms with van der Waals surface area (Å²) >= 11 is 3.51. The smallest absolute Gasteiger partial charge is 0.234 e. The number of thioether (sulfide) groups is 1. The van der Waals surface area contributed by atoms with E-state index in [9.17, 15) is 4.79 Å². The maximum Gasteiger partial charge on any atom is 0.234 e. The van der Waals surface area contributed by atoms with Crippen molar-refractivity contribution < 1.29 is 4.79 Å². The van der Waals surface area contributed by atoms with Crippen LogP contribution in [0.3, 0.4) is 0 Å². The van der Waals surface area contributed by atoms with Crippen molar-refractivity contribution in [1.29, 1.82) is 0 Å². The van der Waals surface area contributed by atoms with E-state index in [1.165, 1.54) is 11.8 Å². The van der Waals surface area contributed by atoms with E-state index in [0.717, 1.165) is 31.2 Å². The number of H-pyrrole nitrogens is 1. The van der Waals surface area contributed by atoms with Gasteiger partial charge in [0.1, 0.15) is 5.52 Å². The Kier molecular flexibility index (Phi) is 4.77. The molecule has 130 valence electrons. The number of aryl methyl sites for hydroxylation is 1. The van der Waals surface area contributed by atoms with Crippen LogP contribution in [0.2, 0.25) is 0 Å². The van der Waals surface area contributed by atoms with Crippen LogP contribution in [0.1, 0.15) is 5.56 Å². The predicted molar refractivity (Wildman–Crippen MR) is 112 cm³/mol. The molecule has 0 aliphatic heterocycles. The first kappa shape index (κ1) is 17.2. The Hall–Kier alpha value is -2.20. The lowest BCUT2D eigenvalue weighted by Gasteiger charge is -2.08. The van der Waals surface area contributed by atoms with Crippen LogP contribution in [-0.4, -0.2) is 31.8 Å². The molecule has 0 aliphatic carbocycles. The molecule has 0 unspecified atom stereocenters. The first-order chi connectivity index (χ1) is 12.6. The summed E-state index contributed by atoms with van der Waals surface area (Å²) < 4.78 is 1.14. The van der Waals surface area contributed by atoms with Gasteiger partial charge < -0.3 is 10.3 Å². The van der Waals surface area contributed by atoms with Gasteiger partial charge in [0, 0.05) is 20.2 Å². The fourth-order valence-corrected chi connectivity index (χ4v) is 3.88. The molecule has 2 aromatic heterocycles. The molecular formula is C18H14IN5OS. The van der Waals surface area contributed by atoms with Gasteiger partial charge in [0.05, 0.1) is 5.75 Å². The summed E-state index contributed by atoms with van der Waals surface area (Å²) in [6.07, 6.45) is 0. The number of amides is 1. The van der Waals surface area contributed by atoms with Gasteiger partial charge in [0.15, 0.2) is 5.65 Å². The Labute approximate surface area is 167 Å². The average molecular weight is 475 g/mol. The Bertz CT molecular complexity index is 1130. The van der Waals surface area contributed by atoms with Crippen LogP contribution in [0.4, 0.5) is 5.69 Å². The normalized spacial score (nSPS) is 11.2. The monoisotopic (exact) mass is 475 g/mol. The molecule has 4 aromatic rings. The minimum atomic E-state index is -0.0975. The molecule has 0 radical (unpaired) electrons. The minimum Gasteiger partial charge on any atom is -0.338 e. The molecular weight excluding hydrogens is 461 g/mol. The molecule has 2 aromatic carbocycles. The third kappa shape index (κ3) is 3.51. The molecule has 0 fully saturated rings. The highest BCUT2D eigenvalue weighted by Gasteiger charge is 2.11. The predicted octanol–water partition coefficient (Wildman–Crippen LogP) is 4.15. The van der Waals surface area contributed by atoms with Crippen molar-refractivity contribution in [3.8, 4) is 0 Å². The van der Waals surface area contributed by atoms with E-state index in [2.05, 4.69) is 48.1 Å². The summed E-state index contributed by atoms with van der Waals surface area (Å²) in [6, 6.07) is 13.8. The van der Waals surface area contributed by atoms with Gasteiger partial charge >= 0.3 is 0 Å². The highest BCUT2D eigenvalue weighted by atomic mass is 127. The van der Waals surface area contributed by atoms with Crippen molar-refractivity contribution in [3.63, 3.8) is 0 Å². The fraction of sp³-hybridized carbons (Fsp3) is 0.111. The zero-order valence-electron chi connectivity index (χ0n) is 13.8. The fourth-order valence-electron chi connectivity index (χ4n) is 2.65. The second-order valence-electron chi connectivity index (χ2n) is 5.76. The standard InChI is InChI=1S/C18H14IN5OS/c1-10-8-11(19)6-7-13(10)20-15(25)9-26-18-22-17-16(23-24-18)12-4-2-3-5-14(12)21-17/h2-8H,9H2,1H3,(H,20,25)(H,21,22,24). The molecule has 0 spiro atoms. The number of nitrogens with zero attached hydrogens (tertiary/aromatic N) is 3. The molecule has 0 saturated carbocycles. The number of fused-ring (bicyclic) bond motifs is 3. The number of rotatable bonds is 4. The number of carbonyl (C=O) groups is 1. The highest BCUT2D eigenvalue weighted by Crippen LogP contribution is 2.23. The number of aromatic nitrogens is 4. The Morgan fingerprint density at radius 3 is 2.92 bits per heavy atom. The number of aromatic amines is 1. The third-order valence-electron chi connectivity index (χ3n) is 3.90. The third-order valence-corrected chi connectivity index (χ3v) is 5.41. The minimum absolute atomic E-state index is 0.0975. The van der Waals surface area contributed by atoms with Crippen LogP contribution in [0.15, 0.2) is 47.6 Å². The van der Waals surface area contributed by atoms with E-state index in [1.54, 1.807) is 0 Å². The summed E-state index contributed by atoms with van der Waals surface area (Å²) in [5.41, 5.74) is 4.24. The Morgan fingerprint density at radius 2 is 2.08 bits per heavy atom. The molecule has 8 heteroatoms. The number of nitrogens with one attached hydrogen (secondary N) is 2. The summed E-state index contributed by atoms with van der Waals surface area (Å²) in [5.74, 6) is 0.124. The molecule has 6 nitrogen and oxygen atoms in total. The summed E-state index contributed by atoms with van der Waals surface area (Å²) in [5, 5.41) is 12.8. The van der Waals surface area contributed by atoms with Gasteiger partial charge in [-0.25, -0.2) is 4.98 Å². The molecule has 2 heterocycles. The van der Waals surface area contributed by atoms with Crippen LogP contribution >= 0.6 is 34.4 Å². The summed E-state index contributed by atoms with van der Waals surface area (Å²) in [4.78, 5) is 19.9. The van der Waals surface area contributed by atoms with Gasteiger partial charge in [-0.05, 0) is 59.3 Å². The van der Waals surface area contributed by atoms with Crippen LogP contribution < -0.4 is 5.32 Å². The van der Waals surface area contributed by atoms with Crippen molar-refractivity contribution in [1.82, 2.24) is 20.2 Å². The van der Waals surface area contributed by atoms with Crippen LogP contribution in [0.25, 0.3) is 22.1 Å². The van der Waals surface area contributed by atoms with E-state index in [0.29, 0.717) is 10.8 Å². The van der Waals surface area contributed by atoms with Gasteiger partial charge in [-0.3, -0.25) is 4.79 Å². The van der Waals surface area contributed by atoms with E-state index in [4.69, 9.17) is 0 Å². The number of benzene rings is 2. The maximum atomic E-state index is 12.2. The molecule has 0 bridgehead atoms. The Morgan fingerprint density at radius 1 is 1.23 bits per heavy atom. The van der Waals surface area contributed by atoms with Crippen molar-refractivity contribution in [2.45, 2.75) is 12.1 Å². The zero-order chi connectivity index (χ0) is 18.1. The number of hydrogen-bond acceptors (Lipinski definition) is 5. The summed E-state index contributed by atoms with van der Waals surface area (Å²) in [7, 11) is 0. The van der Waals surface area contributed by atoms with Crippen molar-refractivity contribution in [3.05, 3.63) is 51.6 Å². The van der Waals surface area contributed by atoms with Crippen LogP contribution in [0, 0.1) is 10.5 Å². The van der Waals surface area contributed by atoms with Gasteiger partial charge in [-0.2, -0.15) is 0 Å². The highest BCUT2D eigenvalue weighted by molar-refractivity contribution is 14.1. The molecule has 2 N–H and O–H groups in total. The number of para-hydroxylation sites is 1. The Balaban J connectivity index is 1.47. The van der Waals surface area contributed by atoms with E-state index in [1.807, 2.05) is 49.4 Å². The molecule has 4 rings (SSSR count). The summed E-state index contributed by atoms with van der Waals surface area (Å²) in [6.45, 7) is 1.97. The first-order valence-electron chi connectivity index (χ1n) is 7.90.